The first-order valence-corrected chi connectivity index (χ1v) is 7.34. The van der Waals surface area contributed by atoms with Gasteiger partial charge in [0.25, 0.3) is 5.91 Å². The number of hydrogen-bond acceptors (Lipinski definition) is 3. The number of fused-ring (bicyclic) bond motifs is 1. The van der Waals surface area contributed by atoms with Gasteiger partial charge in [0, 0.05) is 36.1 Å². The SMILES string of the molecule is CCN(C(=O)c1cc(=O)[nH]c2ccccc12)C1CCNC1. The summed E-state index contributed by atoms with van der Waals surface area (Å²) in [5.41, 5.74) is 0.953. The number of aromatic amines is 1. The van der Waals surface area contributed by atoms with Crippen LogP contribution in [0.5, 0.6) is 0 Å². The van der Waals surface area contributed by atoms with Crippen LogP contribution in [0.15, 0.2) is 35.1 Å². The van der Waals surface area contributed by atoms with Gasteiger partial charge in [-0.05, 0) is 26.0 Å². The number of carbonyl (C=O) groups excluding carboxylic acids is 1. The summed E-state index contributed by atoms with van der Waals surface area (Å²) in [6.45, 7) is 4.38. The van der Waals surface area contributed by atoms with E-state index in [1.54, 1.807) is 0 Å². The molecule has 5 nitrogen and oxygen atoms in total. The predicted octanol–water partition coefficient (Wildman–Crippen LogP) is 1.35. The molecule has 2 aromatic rings. The number of para-hydroxylation sites is 1. The van der Waals surface area contributed by atoms with Crippen molar-refractivity contribution in [1.29, 1.82) is 0 Å². The second-order valence-corrected chi connectivity index (χ2v) is 5.33. The molecule has 2 heterocycles. The number of aromatic nitrogens is 1. The standard InChI is InChI=1S/C16H19N3O2/c1-2-19(11-7-8-17-10-11)16(21)13-9-15(20)18-14-6-4-3-5-12(13)14/h3-6,9,11,17H,2,7-8,10H2,1H3,(H,18,20). The molecule has 0 aliphatic carbocycles. The molecule has 1 aliphatic rings. The van der Waals surface area contributed by atoms with E-state index in [2.05, 4.69) is 10.3 Å². The average molecular weight is 285 g/mol. The van der Waals surface area contributed by atoms with Crippen molar-refractivity contribution in [3.63, 3.8) is 0 Å². The van der Waals surface area contributed by atoms with Crippen molar-refractivity contribution in [1.82, 2.24) is 15.2 Å². The highest BCUT2D eigenvalue weighted by molar-refractivity contribution is 6.06. The summed E-state index contributed by atoms with van der Waals surface area (Å²) >= 11 is 0. The Kier molecular flexibility index (Phi) is 3.75. The van der Waals surface area contributed by atoms with Gasteiger partial charge in [0.05, 0.1) is 5.56 Å². The lowest BCUT2D eigenvalue weighted by Crippen LogP contribution is -2.41. The Balaban J connectivity index is 2.06. The third-order valence-electron chi connectivity index (χ3n) is 4.06. The zero-order valence-electron chi connectivity index (χ0n) is 12.1. The lowest BCUT2D eigenvalue weighted by Gasteiger charge is -2.27. The van der Waals surface area contributed by atoms with Crippen molar-refractivity contribution in [3.8, 4) is 0 Å². The van der Waals surface area contributed by atoms with Gasteiger partial charge in [0.1, 0.15) is 0 Å². The van der Waals surface area contributed by atoms with E-state index in [1.807, 2.05) is 36.1 Å². The maximum Gasteiger partial charge on any atom is 0.255 e. The zero-order valence-corrected chi connectivity index (χ0v) is 12.1. The highest BCUT2D eigenvalue weighted by Crippen LogP contribution is 2.19. The van der Waals surface area contributed by atoms with Gasteiger partial charge in [0.15, 0.2) is 0 Å². The fourth-order valence-electron chi connectivity index (χ4n) is 3.01. The van der Waals surface area contributed by atoms with E-state index in [0.717, 1.165) is 24.9 Å². The quantitative estimate of drug-likeness (QED) is 0.894. The molecule has 1 aromatic carbocycles. The Morgan fingerprint density at radius 2 is 2.19 bits per heavy atom. The highest BCUT2D eigenvalue weighted by Gasteiger charge is 2.27. The van der Waals surface area contributed by atoms with Gasteiger partial charge in [-0.2, -0.15) is 0 Å². The summed E-state index contributed by atoms with van der Waals surface area (Å²) in [7, 11) is 0. The van der Waals surface area contributed by atoms with E-state index < -0.39 is 0 Å². The first-order chi connectivity index (χ1) is 10.2. The minimum Gasteiger partial charge on any atom is -0.335 e. The number of carbonyl (C=O) groups is 1. The molecule has 0 bridgehead atoms. The summed E-state index contributed by atoms with van der Waals surface area (Å²) in [6.07, 6.45) is 0.959. The summed E-state index contributed by atoms with van der Waals surface area (Å²) in [5.74, 6) is -0.0616. The Bertz CT molecular complexity index is 717. The number of pyridine rings is 1. The van der Waals surface area contributed by atoms with Crippen LogP contribution in [0, 0.1) is 0 Å². The Morgan fingerprint density at radius 3 is 2.90 bits per heavy atom. The maximum absolute atomic E-state index is 12.9. The van der Waals surface area contributed by atoms with Crippen LogP contribution in [0.4, 0.5) is 0 Å². The Morgan fingerprint density at radius 1 is 1.38 bits per heavy atom. The van der Waals surface area contributed by atoms with Gasteiger partial charge in [0.2, 0.25) is 5.56 Å². The summed E-state index contributed by atoms with van der Waals surface area (Å²) < 4.78 is 0. The van der Waals surface area contributed by atoms with Gasteiger partial charge in [-0.3, -0.25) is 9.59 Å². The van der Waals surface area contributed by atoms with Crippen LogP contribution in [-0.2, 0) is 0 Å². The molecule has 2 N–H and O–H groups in total. The van der Waals surface area contributed by atoms with E-state index in [-0.39, 0.29) is 17.5 Å². The van der Waals surface area contributed by atoms with E-state index in [9.17, 15) is 9.59 Å². The first kappa shape index (κ1) is 13.8. The number of H-pyrrole nitrogens is 1. The number of nitrogens with zero attached hydrogens (tertiary/aromatic N) is 1. The van der Waals surface area contributed by atoms with Crippen molar-refractivity contribution in [2.24, 2.45) is 0 Å². The largest absolute Gasteiger partial charge is 0.335 e. The molecule has 3 rings (SSSR count). The molecule has 0 saturated carbocycles. The molecular formula is C16H19N3O2. The highest BCUT2D eigenvalue weighted by atomic mass is 16.2. The van der Waals surface area contributed by atoms with E-state index in [1.165, 1.54) is 6.07 Å². The summed E-state index contributed by atoms with van der Waals surface area (Å²) in [6, 6.07) is 9.05. The lowest BCUT2D eigenvalue weighted by molar-refractivity contribution is 0.0705. The fourth-order valence-corrected chi connectivity index (χ4v) is 3.01. The number of hydrogen-bond donors (Lipinski definition) is 2. The van der Waals surface area contributed by atoms with Crippen LogP contribution < -0.4 is 10.9 Å². The van der Waals surface area contributed by atoms with Crippen molar-refractivity contribution in [2.75, 3.05) is 19.6 Å². The summed E-state index contributed by atoms with van der Waals surface area (Å²) in [5, 5.41) is 4.08. The van der Waals surface area contributed by atoms with Crippen LogP contribution in [0.3, 0.4) is 0 Å². The topological polar surface area (TPSA) is 65.2 Å². The number of amides is 1. The Labute approximate surface area is 123 Å². The molecule has 1 unspecified atom stereocenters. The van der Waals surface area contributed by atoms with Crippen LogP contribution in [-0.4, -0.2) is 41.5 Å². The monoisotopic (exact) mass is 285 g/mol. The maximum atomic E-state index is 12.9. The van der Waals surface area contributed by atoms with Crippen molar-refractivity contribution in [2.45, 2.75) is 19.4 Å². The molecule has 0 radical (unpaired) electrons. The van der Waals surface area contributed by atoms with Gasteiger partial charge < -0.3 is 15.2 Å². The molecule has 1 fully saturated rings. The normalized spacial score (nSPS) is 18.0. The minimum absolute atomic E-state index is 0.0616. The molecular weight excluding hydrogens is 266 g/mol. The van der Waals surface area contributed by atoms with Crippen LogP contribution in [0.2, 0.25) is 0 Å². The van der Waals surface area contributed by atoms with Crippen molar-refractivity contribution >= 4 is 16.8 Å². The van der Waals surface area contributed by atoms with Crippen molar-refractivity contribution in [3.05, 3.63) is 46.2 Å². The molecule has 0 spiro atoms. The van der Waals surface area contributed by atoms with Crippen LogP contribution in [0.25, 0.3) is 10.9 Å². The minimum atomic E-state index is -0.238. The fraction of sp³-hybridized carbons (Fsp3) is 0.375. The first-order valence-electron chi connectivity index (χ1n) is 7.34. The number of rotatable bonds is 3. The van der Waals surface area contributed by atoms with Crippen molar-refractivity contribution < 1.29 is 4.79 Å². The number of nitrogens with one attached hydrogen (secondary N) is 2. The Hall–Kier alpha value is -2.14. The van der Waals surface area contributed by atoms with Gasteiger partial charge in [-0.15, -0.1) is 0 Å². The molecule has 1 atom stereocenters. The molecule has 21 heavy (non-hydrogen) atoms. The van der Waals surface area contributed by atoms with E-state index in [0.29, 0.717) is 17.6 Å². The van der Waals surface area contributed by atoms with Gasteiger partial charge in [-0.25, -0.2) is 0 Å². The second-order valence-electron chi connectivity index (χ2n) is 5.33. The molecule has 1 amide bonds. The molecule has 1 saturated heterocycles. The van der Waals surface area contributed by atoms with E-state index >= 15 is 0 Å². The average Bonchev–Trinajstić information content (AvgIpc) is 3.01. The van der Waals surface area contributed by atoms with Crippen LogP contribution >= 0.6 is 0 Å². The van der Waals surface area contributed by atoms with Gasteiger partial charge in [-0.1, -0.05) is 18.2 Å². The lowest BCUT2D eigenvalue weighted by atomic mass is 10.1. The predicted molar refractivity (Wildman–Crippen MR) is 82.6 cm³/mol. The zero-order chi connectivity index (χ0) is 14.8. The van der Waals surface area contributed by atoms with E-state index in [4.69, 9.17) is 0 Å². The second kappa shape index (κ2) is 5.69. The summed E-state index contributed by atoms with van der Waals surface area (Å²) in [4.78, 5) is 29.3. The number of likely N-dealkylation sites (N-methyl/N-ethyl adjacent to an activating group) is 1. The molecule has 1 aromatic heterocycles. The third-order valence-corrected chi connectivity index (χ3v) is 4.06. The molecule has 1 aliphatic heterocycles. The van der Waals surface area contributed by atoms with Crippen LogP contribution in [0.1, 0.15) is 23.7 Å². The van der Waals surface area contributed by atoms with Gasteiger partial charge >= 0.3 is 0 Å². The molecule has 5 heteroatoms. The molecule has 110 valence electrons. The number of benzene rings is 1. The third kappa shape index (κ3) is 2.56. The smallest absolute Gasteiger partial charge is 0.255 e.